The first-order chi connectivity index (χ1) is 18.4. The molecule has 2 heterocycles. The van der Waals surface area contributed by atoms with Crippen LogP contribution in [0.5, 0.6) is 0 Å². The Morgan fingerprint density at radius 3 is 1.66 bits per heavy atom. The van der Waals surface area contributed by atoms with Crippen molar-refractivity contribution in [2.24, 2.45) is 16.7 Å². The number of rotatable bonds is 8. The largest absolute Gasteiger partial charge is 0.458 e. The summed E-state index contributed by atoms with van der Waals surface area (Å²) in [4.78, 5) is 24.3. The van der Waals surface area contributed by atoms with Crippen molar-refractivity contribution in [3.63, 3.8) is 0 Å². The lowest BCUT2D eigenvalue weighted by atomic mass is 9.75. The van der Waals surface area contributed by atoms with Crippen molar-refractivity contribution < 1.29 is 55.2 Å². The number of fused-ring (bicyclic) bond motifs is 2. The minimum absolute atomic E-state index is 0.00956. The quantitative estimate of drug-likeness (QED) is 0.229. The van der Waals surface area contributed by atoms with E-state index in [2.05, 4.69) is 11.7 Å². The van der Waals surface area contributed by atoms with Crippen molar-refractivity contribution in [1.29, 1.82) is 0 Å². The zero-order chi connectivity index (χ0) is 31.9. The van der Waals surface area contributed by atoms with Crippen LogP contribution in [0.2, 0.25) is 0 Å². The smallest absolute Gasteiger partial charge is 0.430 e. The Labute approximate surface area is 238 Å². The van der Waals surface area contributed by atoms with Gasteiger partial charge in [0.2, 0.25) is 0 Å². The highest BCUT2D eigenvalue weighted by Gasteiger charge is 2.78. The van der Waals surface area contributed by atoms with Gasteiger partial charge in [-0.05, 0) is 99.3 Å². The molecule has 3 unspecified atom stereocenters. The molecule has 2 saturated heterocycles. The number of aliphatic hydroxyl groups is 1. The SMILES string of the molecule is CCC(C)(C)C(=O)OC(C)(C)C(O)(C(F)(F)F)C(F)(F)F.CCC(C)(C)C(=O)OC1(C2CC3CCC2O3)CCCC1. The fourth-order valence-corrected chi connectivity index (χ4v) is 5.61. The second kappa shape index (κ2) is 11.8. The molecule has 0 aromatic carbocycles. The average molecular weight is 605 g/mol. The fourth-order valence-electron chi connectivity index (χ4n) is 5.61. The van der Waals surface area contributed by atoms with Gasteiger partial charge in [-0.2, -0.15) is 26.3 Å². The number of hydrogen-bond acceptors (Lipinski definition) is 6. The molecule has 3 fully saturated rings. The van der Waals surface area contributed by atoms with Crippen LogP contribution in [-0.2, 0) is 23.8 Å². The molecule has 0 radical (unpaired) electrons. The highest BCUT2D eigenvalue weighted by molar-refractivity contribution is 5.76. The third-order valence-corrected chi connectivity index (χ3v) is 9.44. The summed E-state index contributed by atoms with van der Waals surface area (Å²) in [5.41, 5.74) is -10.3. The topological polar surface area (TPSA) is 82.1 Å². The standard InChI is InChI=1S/C17H28O3.C12H18F6O3/c1-4-16(2,3)15(18)20-17(9-5-6-10-17)13-11-12-7-8-14(13)19-12;1-6-8(2,3)7(19)21-9(4,5)10(20,11(13,14)15)12(16,17)18/h12-14H,4-11H2,1-3H3;20H,6H2,1-5H3. The van der Waals surface area contributed by atoms with E-state index >= 15 is 0 Å². The fraction of sp³-hybridized carbons (Fsp3) is 0.931. The Balaban J connectivity index is 0.000000287. The number of halogens is 6. The molecular formula is C29H46F6O6. The minimum atomic E-state index is -6.06. The Kier molecular flexibility index (Phi) is 10.3. The summed E-state index contributed by atoms with van der Waals surface area (Å²) >= 11 is 0. The second-order valence-electron chi connectivity index (χ2n) is 13.5. The van der Waals surface area contributed by atoms with Crippen LogP contribution < -0.4 is 0 Å². The van der Waals surface area contributed by atoms with Gasteiger partial charge < -0.3 is 19.3 Å². The van der Waals surface area contributed by atoms with Gasteiger partial charge in [0, 0.05) is 5.92 Å². The Bertz CT molecular complexity index is 919. The van der Waals surface area contributed by atoms with E-state index in [-0.39, 0.29) is 23.4 Å². The van der Waals surface area contributed by atoms with E-state index in [1.165, 1.54) is 40.0 Å². The van der Waals surface area contributed by atoms with Crippen LogP contribution in [0.15, 0.2) is 0 Å². The lowest BCUT2D eigenvalue weighted by Gasteiger charge is -2.44. The lowest BCUT2D eigenvalue weighted by molar-refractivity contribution is -0.408. The van der Waals surface area contributed by atoms with Crippen molar-refractivity contribution in [3.8, 4) is 0 Å². The van der Waals surface area contributed by atoms with Crippen LogP contribution in [0.3, 0.4) is 0 Å². The number of hydrogen-bond donors (Lipinski definition) is 1. The maximum atomic E-state index is 12.8. The van der Waals surface area contributed by atoms with Gasteiger partial charge in [-0.25, -0.2) is 0 Å². The summed E-state index contributed by atoms with van der Waals surface area (Å²) in [5, 5.41) is 9.27. The van der Waals surface area contributed by atoms with E-state index < -0.39 is 34.9 Å². The molecule has 240 valence electrons. The first kappa shape index (κ1) is 35.6. The first-order valence-corrected chi connectivity index (χ1v) is 14.4. The Morgan fingerprint density at radius 1 is 0.829 bits per heavy atom. The summed E-state index contributed by atoms with van der Waals surface area (Å²) in [5.74, 6) is -0.827. The molecular weight excluding hydrogens is 558 g/mol. The maximum absolute atomic E-state index is 12.8. The van der Waals surface area contributed by atoms with Gasteiger partial charge in [0.15, 0.2) is 5.60 Å². The third-order valence-electron chi connectivity index (χ3n) is 9.44. The van der Waals surface area contributed by atoms with Crippen molar-refractivity contribution in [1.82, 2.24) is 0 Å². The monoisotopic (exact) mass is 604 g/mol. The minimum Gasteiger partial charge on any atom is -0.458 e. The normalized spacial score (nSPS) is 25.0. The number of ether oxygens (including phenoxy) is 3. The van der Waals surface area contributed by atoms with E-state index in [0.29, 0.717) is 32.0 Å². The van der Waals surface area contributed by atoms with Gasteiger partial charge in [0.1, 0.15) is 5.60 Å². The summed E-state index contributed by atoms with van der Waals surface area (Å²) in [7, 11) is 0. The molecule has 0 aromatic rings. The number of esters is 2. The van der Waals surface area contributed by atoms with Crippen LogP contribution in [0.4, 0.5) is 26.3 Å². The van der Waals surface area contributed by atoms with Crippen molar-refractivity contribution in [2.45, 2.75) is 155 Å². The van der Waals surface area contributed by atoms with E-state index in [1.54, 1.807) is 0 Å². The highest BCUT2D eigenvalue weighted by atomic mass is 19.4. The Hall–Kier alpha value is -1.56. The molecule has 1 aliphatic carbocycles. The van der Waals surface area contributed by atoms with Gasteiger partial charge in [-0.3, -0.25) is 9.59 Å². The van der Waals surface area contributed by atoms with Gasteiger partial charge in [0.05, 0.1) is 23.0 Å². The molecule has 12 heteroatoms. The Morgan fingerprint density at radius 2 is 1.29 bits per heavy atom. The van der Waals surface area contributed by atoms with Crippen LogP contribution >= 0.6 is 0 Å². The third kappa shape index (κ3) is 6.99. The van der Waals surface area contributed by atoms with E-state index in [1.807, 2.05) is 13.8 Å². The molecule has 3 rings (SSSR count). The molecule has 3 atom stereocenters. The van der Waals surface area contributed by atoms with Crippen LogP contribution in [0.1, 0.15) is 113 Å². The van der Waals surface area contributed by atoms with E-state index in [4.69, 9.17) is 9.47 Å². The number of carbonyl (C=O) groups is 2. The molecule has 0 aromatic heterocycles. The number of alkyl halides is 6. The number of carbonyl (C=O) groups excluding carboxylic acids is 2. The van der Waals surface area contributed by atoms with E-state index in [9.17, 15) is 41.0 Å². The summed E-state index contributed by atoms with van der Waals surface area (Å²) < 4.78 is 93.2. The molecule has 1 N–H and O–H groups in total. The molecule has 1 saturated carbocycles. The van der Waals surface area contributed by atoms with Gasteiger partial charge >= 0.3 is 24.3 Å². The average Bonchev–Trinajstić information content (AvgIpc) is 3.60. The predicted molar refractivity (Wildman–Crippen MR) is 139 cm³/mol. The van der Waals surface area contributed by atoms with Crippen molar-refractivity contribution in [2.75, 3.05) is 0 Å². The van der Waals surface area contributed by atoms with E-state index in [0.717, 1.165) is 32.1 Å². The van der Waals surface area contributed by atoms with Crippen molar-refractivity contribution in [3.05, 3.63) is 0 Å². The van der Waals surface area contributed by atoms with Crippen LogP contribution in [0, 0.1) is 16.7 Å². The molecule has 0 amide bonds. The maximum Gasteiger partial charge on any atom is 0.430 e. The van der Waals surface area contributed by atoms with Gasteiger partial charge in [-0.15, -0.1) is 0 Å². The molecule has 2 bridgehead atoms. The summed E-state index contributed by atoms with van der Waals surface area (Å²) in [6.45, 7) is 10.9. The van der Waals surface area contributed by atoms with Gasteiger partial charge in [-0.1, -0.05) is 13.8 Å². The molecule has 6 nitrogen and oxygen atoms in total. The molecule has 3 aliphatic rings. The zero-order valence-corrected chi connectivity index (χ0v) is 25.4. The molecule has 41 heavy (non-hydrogen) atoms. The highest BCUT2D eigenvalue weighted by Crippen LogP contribution is 2.53. The summed E-state index contributed by atoms with van der Waals surface area (Å²) in [6, 6.07) is 0. The zero-order valence-electron chi connectivity index (χ0n) is 25.4. The van der Waals surface area contributed by atoms with Crippen LogP contribution in [0.25, 0.3) is 0 Å². The van der Waals surface area contributed by atoms with Crippen molar-refractivity contribution >= 4 is 11.9 Å². The lowest BCUT2D eigenvalue weighted by Crippen LogP contribution is -2.70. The van der Waals surface area contributed by atoms with Gasteiger partial charge in [0.25, 0.3) is 5.60 Å². The second-order valence-corrected chi connectivity index (χ2v) is 13.5. The summed E-state index contributed by atoms with van der Waals surface area (Å²) in [6.07, 6.45) is -2.48. The van der Waals surface area contributed by atoms with Crippen LogP contribution in [-0.4, -0.2) is 58.4 Å². The molecule has 0 spiro atoms. The first-order valence-electron chi connectivity index (χ1n) is 14.4. The predicted octanol–water partition coefficient (Wildman–Crippen LogP) is 7.45. The molecule has 2 aliphatic heterocycles.